The normalized spacial score (nSPS) is 13.2. The van der Waals surface area contributed by atoms with Crippen LogP contribution in [0.5, 0.6) is 0 Å². The predicted molar refractivity (Wildman–Crippen MR) is 147 cm³/mol. The molecular weight excluding hydrogens is 520 g/mol. The summed E-state index contributed by atoms with van der Waals surface area (Å²) in [4.78, 5) is 41.3. The third-order valence-electron chi connectivity index (χ3n) is 5.87. The first-order chi connectivity index (χ1) is 18.8. The van der Waals surface area contributed by atoms with Crippen molar-refractivity contribution in [3.8, 4) is 0 Å². The number of nitrogens with one attached hydrogen (secondary N) is 2. The van der Waals surface area contributed by atoms with Crippen LogP contribution in [0.15, 0.2) is 113 Å². The Labute approximate surface area is 227 Å². The van der Waals surface area contributed by atoms with Crippen LogP contribution in [0.4, 0.5) is 25.8 Å². The van der Waals surface area contributed by atoms with E-state index in [2.05, 4.69) is 10.6 Å². The highest BCUT2D eigenvalue weighted by Crippen LogP contribution is 2.38. The van der Waals surface area contributed by atoms with Gasteiger partial charge in [-0.3, -0.25) is 14.4 Å². The van der Waals surface area contributed by atoms with E-state index in [0.717, 1.165) is 22.2 Å². The molecule has 5 rings (SSSR count). The second-order valence-corrected chi connectivity index (χ2v) is 9.79. The number of halogens is 2. The van der Waals surface area contributed by atoms with Gasteiger partial charge in [-0.15, -0.1) is 0 Å². The molecule has 0 bridgehead atoms. The summed E-state index contributed by atoms with van der Waals surface area (Å²) in [5.41, 5.74) is 2.72. The SMILES string of the molecule is Cc1ccc(NC2=C(Sc3cccc(NC(=O)c4ccc(F)cc4)c3)C(=O)N(c3ccc(F)cc3)C2=O)cc1. The Bertz CT molecular complexity index is 1600. The highest BCUT2D eigenvalue weighted by atomic mass is 32.2. The molecule has 1 aliphatic rings. The van der Waals surface area contributed by atoms with Crippen molar-refractivity contribution in [3.63, 3.8) is 0 Å². The molecule has 4 aromatic carbocycles. The molecule has 0 saturated heterocycles. The number of thioether (sulfide) groups is 1. The van der Waals surface area contributed by atoms with E-state index in [9.17, 15) is 23.2 Å². The molecule has 0 radical (unpaired) electrons. The van der Waals surface area contributed by atoms with Crippen molar-refractivity contribution < 1.29 is 23.2 Å². The van der Waals surface area contributed by atoms with E-state index in [-0.39, 0.29) is 21.9 Å². The standard InChI is InChI=1S/C30H21F2N3O3S/c1-18-5-13-22(14-6-18)33-26-27(30(38)35(29(26)37)24-15-11-21(32)12-16-24)39-25-4-2-3-23(17-25)34-28(36)19-7-9-20(31)10-8-19/h2-17,33H,1H3,(H,34,36). The zero-order valence-electron chi connectivity index (χ0n) is 20.6. The maximum absolute atomic E-state index is 13.5. The molecule has 4 aromatic rings. The lowest BCUT2D eigenvalue weighted by Crippen LogP contribution is -2.32. The lowest BCUT2D eigenvalue weighted by molar-refractivity contribution is -0.120. The molecule has 9 heteroatoms. The molecule has 1 aliphatic heterocycles. The number of benzene rings is 4. The van der Waals surface area contributed by atoms with Crippen molar-refractivity contribution in [1.82, 2.24) is 0 Å². The summed E-state index contributed by atoms with van der Waals surface area (Å²) < 4.78 is 26.7. The lowest BCUT2D eigenvalue weighted by Gasteiger charge is -2.15. The van der Waals surface area contributed by atoms with Crippen LogP contribution in [0.25, 0.3) is 0 Å². The number of hydrogen-bond donors (Lipinski definition) is 2. The van der Waals surface area contributed by atoms with Gasteiger partial charge in [0.15, 0.2) is 0 Å². The summed E-state index contributed by atoms with van der Waals surface area (Å²) in [5.74, 6) is -2.49. The number of carbonyl (C=O) groups excluding carboxylic acids is 3. The Morgan fingerprint density at radius 3 is 2.08 bits per heavy atom. The molecule has 0 saturated carbocycles. The van der Waals surface area contributed by atoms with E-state index in [1.54, 1.807) is 36.4 Å². The minimum atomic E-state index is -0.574. The van der Waals surface area contributed by atoms with Crippen LogP contribution < -0.4 is 15.5 Å². The molecule has 194 valence electrons. The molecule has 0 unspecified atom stereocenters. The molecule has 0 atom stereocenters. The van der Waals surface area contributed by atoms with Crippen LogP contribution in [0.2, 0.25) is 0 Å². The van der Waals surface area contributed by atoms with Gasteiger partial charge in [0, 0.05) is 21.8 Å². The van der Waals surface area contributed by atoms with Gasteiger partial charge in [0.05, 0.1) is 5.69 Å². The number of anilines is 3. The van der Waals surface area contributed by atoms with Gasteiger partial charge in [-0.05, 0) is 85.8 Å². The van der Waals surface area contributed by atoms with Crippen molar-refractivity contribution in [2.24, 2.45) is 0 Å². The quantitative estimate of drug-likeness (QED) is 0.261. The van der Waals surface area contributed by atoms with Crippen molar-refractivity contribution in [1.29, 1.82) is 0 Å². The fourth-order valence-corrected chi connectivity index (χ4v) is 4.87. The predicted octanol–water partition coefficient (Wildman–Crippen LogP) is 6.51. The minimum Gasteiger partial charge on any atom is -0.350 e. The lowest BCUT2D eigenvalue weighted by atomic mass is 10.2. The van der Waals surface area contributed by atoms with Crippen LogP contribution in [-0.4, -0.2) is 17.7 Å². The van der Waals surface area contributed by atoms with Gasteiger partial charge in [-0.25, -0.2) is 13.7 Å². The number of carbonyl (C=O) groups is 3. The number of amides is 3. The number of aryl methyl sites for hydroxylation is 1. The average molecular weight is 542 g/mol. The Hall–Kier alpha value is -4.76. The van der Waals surface area contributed by atoms with E-state index < -0.39 is 29.4 Å². The van der Waals surface area contributed by atoms with Crippen LogP contribution in [0.3, 0.4) is 0 Å². The summed E-state index contributed by atoms with van der Waals surface area (Å²) in [6.45, 7) is 1.94. The van der Waals surface area contributed by atoms with Gasteiger partial charge < -0.3 is 10.6 Å². The second kappa shape index (κ2) is 10.9. The molecule has 0 aromatic heterocycles. The molecule has 1 heterocycles. The van der Waals surface area contributed by atoms with Crippen molar-refractivity contribution in [3.05, 3.63) is 130 Å². The monoisotopic (exact) mass is 541 g/mol. The number of rotatable bonds is 7. The van der Waals surface area contributed by atoms with E-state index in [1.807, 2.05) is 19.1 Å². The molecule has 39 heavy (non-hydrogen) atoms. The highest BCUT2D eigenvalue weighted by Gasteiger charge is 2.40. The number of imide groups is 1. The smallest absolute Gasteiger partial charge is 0.283 e. The highest BCUT2D eigenvalue weighted by molar-refractivity contribution is 8.04. The van der Waals surface area contributed by atoms with Crippen LogP contribution in [0, 0.1) is 18.6 Å². The Balaban J connectivity index is 1.44. The Kier molecular flexibility index (Phi) is 7.25. The van der Waals surface area contributed by atoms with E-state index in [1.165, 1.54) is 48.5 Å². The molecule has 0 spiro atoms. The molecule has 2 N–H and O–H groups in total. The third-order valence-corrected chi connectivity index (χ3v) is 6.94. The number of nitrogens with zero attached hydrogens (tertiary/aromatic N) is 1. The molecule has 0 fully saturated rings. The molecule has 6 nitrogen and oxygen atoms in total. The molecule has 3 amide bonds. The summed E-state index contributed by atoms with van der Waals surface area (Å²) >= 11 is 1.06. The zero-order valence-corrected chi connectivity index (χ0v) is 21.4. The van der Waals surface area contributed by atoms with Gasteiger partial charge in [0.2, 0.25) is 0 Å². The fourth-order valence-electron chi connectivity index (χ4n) is 3.88. The first-order valence-corrected chi connectivity index (χ1v) is 12.7. The first-order valence-electron chi connectivity index (χ1n) is 11.9. The average Bonchev–Trinajstić information content (AvgIpc) is 3.15. The van der Waals surface area contributed by atoms with E-state index in [4.69, 9.17) is 0 Å². The first kappa shape index (κ1) is 25.9. The van der Waals surface area contributed by atoms with E-state index in [0.29, 0.717) is 16.3 Å². The third kappa shape index (κ3) is 5.73. The summed E-state index contributed by atoms with van der Waals surface area (Å²) in [6.07, 6.45) is 0. The fraction of sp³-hybridized carbons (Fsp3) is 0.0333. The summed E-state index contributed by atoms with van der Waals surface area (Å²) in [6, 6.07) is 24.4. The molecular formula is C30H21F2N3O3S. The maximum atomic E-state index is 13.5. The maximum Gasteiger partial charge on any atom is 0.283 e. The summed E-state index contributed by atoms with van der Waals surface area (Å²) in [7, 11) is 0. The topological polar surface area (TPSA) is 78.5 Å². The van der Waals surface area contributed by atoms with Crippen LogP contribution >= 0.6 is 11.8 Å². The van der Waals surface area contributed by atoms with Crippen molar-refractivity contribution in [2.75, 3.05) is 15.5 Å². The van der Waals surface area contributed by atoms with Gasteiger partial charge in [-0.1, -0.05) is 35.5 Å². The van der Waals surface area contributed by atoms with Gasteiger partial charge >= 0.3 is 0 Å². The van der Waals surface area contributed by atoms with Crippen LogP contribution in [0.1, 0.15) is 15.9 Å². The van der Waals surface area contributed by atoms with Crippen molar-refractivity contribution >= 4 is 46.5 Å². The number of hydrogen-bond acceptors (Lipinski definition) is 5. The molecule has 0 aliphatic carbocycles. The Morgan fingerprint density at radius 1 is 0.769 bits per heavy atom. The zero-order chi connectivity index (χ0) is 27.5. The van der Waals surface area contributed by atoms with Crippen molar-refractivity contribution in [2.45, 2.75) is 11.8 Å². The van der Waals surface area contributed by atoms with Gasteiger partial charge in [0.1, 0.15) is 22.2 Å². The van der Waals surface area contributed by atoms with Gasteiger partial charge in [-0.2, -0.15) is 0 Å². The second-order valence-electron chi connectivity index (χ2n) is 8.71. The Morgan fingerprint density at radius 2 is 1.41 bits per heavy atom. The van der Waals surface area contributed by atoms with E-state index >= 15 is 0 Å². The van der Waals surface area contributed by atoms with Crippen LogP contribution in [-0.2, 0) is 9.59 Å². The van der Waals surface area contributed by atoms with Gasteiger partial charge in [0.25, 0.3) is 17.7 Å². The largest absolute Gasteiger partial charge is 0.350 e. The summed E-state index contributed by atoms with van der Waals surface area (Å²) in [5, 5.41) is 5.83. The minimum absolute atomic E-state index is 0.0823.